The molecular formula is C17H28IN3O. The van der Waals surface area contributed by atoms with E-state index in [2.05, 4.69) is 29.4 Å². The van der Waals surface area contributed by atoms with Crippen LogP contribution in [0.4, 0.5) is 0 Å². The zero-order valence-electron chi connectivity index (χ0n) is 13.5. The summed E-state index contributed by atoms with van der Waals surface area (Å²) in [5.74, 6) is 2.76. The van der Waals surface area contributed by atoms with E-state index in [1.807, 2.05) is 12.1 Å². The Bertz CT molecular complexity index is 457. The number of aliphatic imine (C=N–C) groups is 1. The molecule has 3 N–H and O–H groups in total. The molecule has 22 heavy (non-hydrogen) atoms. The van der Waals surface area contributed by atoms with Gasteiger partial charge in [-0.2, -0.15) is 0 Å². The van der Waals surface area contributed by atoms with Gasteiger partial charge >= 0.3 is 0 Å². The highest BCUT2D eigenvalue weighted by atomic mass is 127. The minimum atomic E-state index is 0. The molecule has 1 aliphatic rings. The molecule has 1 unspecified atom stereocenters. The Labute approximate surface area is 150 Å². The zero-order valence-corrected chi connectivity index (χ0v) is 15.9. The fourth-order valence-corrected chi connectivity index (χ4v) is 2.48. The van der Waals surface area contributed by atoms with Gasteiger partial charge in [-0.3, -0.25) is 4.99 Å². The number of ether oxygens (including phenoxy) is 1. The molecule has 1 saturated carbocycles. The molecule has 0 spiro atoms. The molecular weight excluding hydrogens is 389 g/mol. The van der Waals surface area contributed by atoms with Crippen LogP contribution in [-0.2, 0) is 6.42 Å². The fourth-order valence-electron chi connectivity index (χ4n) is 2.48. The topological polar surface area (TPSA) is 59.6 Å². The summed E-state index contributed by atoms with van der Waals surface area (Å²) in [7, 11) is 1.69. The number of halogens is 1. The lowest BCUT2D eigenvalue weighted by Gasteiger charge is -2.25. The molecule has 2 rings (SSSR count). The molecule has 0 aliphatic heterocycles. The van der Waals surface area contributed by atoms with Crippen molar-refractivity contribution in [1.29, 1.82) is 0 Å². The number of nitrogens with zero attached hydrogens (tertiary/aromatic N) is 1. The van der Waals surface area contributed by atoms with Gasteiger partial charge in [-0.05, 0) is 48.8 Å². The van der Waals surface area contributed by atoms with Crippen molar-refractivity contribution in [2.75, 3.05) is 20.2 Å². The van der Waals surface area contributed by atoms with Gasteiger partial charge in [0.05, 0.1) is 7.11 Å². The molecule has 0 saturated heterocycles. The Morgan fingerprint density at radius 3 is 2.59 bits per heavy atom. The van der Waals surface area contributed by atoms with E-state index in [0.717, 1.165) is 31.2 Å². The van der Waals surface area contributed by atoms with E-state index < -0.39 is 0 Å². The van der Waals surface area contributed by atoms with Gasteiger partial charge in [-0.15, -0.1) is 24.0 Å². The van der Waals surface area contributed by atoms with E-state index >= 15 is 0 Å². The van der Waals surface area contributed by atoms with Crippen LogP contribution in [0.5, 0.6) is 5.75 Å². The van der Waals surface area contributed by atoms with Gasteiger partial charge in [-0.1, -0.05) is 25.5 Å². The minimum Gasteiger partial charge on any atom is -0.497 e. The predicted molar refractivity (Wildman–Crippen MR) is 103 cm³/mol. The highest BCUT2D eigenvalue weighted by Crippen LogP contribution is 2.25. The highest BCUT2D eigenvalue weighted by Gasteiger charge is 2.16. The largest absolute Gasteiger partial charge is 0.497 e. The van der Waals surface area contributed by atoms with Crippen molar-refractivity contribution in [3.05, 3.63) is 29.8 Å². The molecule has 1 atom stereocenters. The zero-order chi connectivity index (χ0) is 15.1. The van der Waals surface area contributed by atoms with E-state index in [9.17, 15) is 0 Å². The van der Waals surface area contributed by atoms with Gasteiger partial charge in [0.2, 0.25) is 0 Å². The smallest absolute Gasteiger partial charge is 0.188 e. The van der Waals surface area contributed by atoms with E-state index in [1.165, 1.54) is 24.8 Å². The summed E-state index contributed by atoms with van der Waals surface area (Å²) in [5.41, 5.74) is 7.21. The van der Waals surface area contributed by atoms with Gasteiger partial charge in [0.15, 0.2) is 5.96 Å². The Kier molecular flexibility index (Phi) is 8.60. The lowest BCUT2D eigenvalue weighted by atomic mass is 9.85. The molecule has 1 aromatic carbocycles. The molecule has 5 heteroatoms. The fraction of sp³-hybridized carbons (Fsp3) is 0.588. The maximum Gasteiger partial charge on any atom is 0.188 e. The number of hydrogen-bond donors (Lipinski definition) is 2. The van der Waals surface area contributed by atoms with Crippen molar-refractivity contribution in [1.82, 2.24) is 5.32 Å². The van der Waals surface area contributed by atoms with Gasteiger partial charge in [0.25, 0.3) is 0 Å². The van der Waals surface area contributed by atoms with Crippen LogP contribution in [0, 0.1) is 11.8 Å². The van der Waals surface area contributed by atoms with Crippen LogP contribution in [0.2, 0.25) is 0 Å². The normalized spacial score (nSPS) is 16.4. The maximum absolute atomic E-state index is 5.90. The first-order chi connectivity index (χ1) is 10.2. The van der Waals surface area contributed by atoms with E-state index in [0.29, 0.717) is 11.9 Å². The summed E-state index contributed by atoms with van der Waals surface area (Å²) in [6.45, 7) is 3.94. The second-order valence-corrected chi connectivity index (χ2v) is 6.06. The van der Waals surface area contributed by atoms with Gasteiger partial charge in [-0.25, -0.2) is 0 Å². The van der Waals surface area contributed by atoms with E-state index in [1.54, 1.807) is 7.11 Å². The van der Waals surface area contributed by atoms with Crippen LogP contribution in [-0.4, -0.2) is 26.2 Å². The summed E-state index contributed by atoms with van der Waals surface area (Å²) in [5, 5.41) is 3.23. The van der Waals surface area contributed by atoms with Crippen LogP contribution >= 0.6 is 24.0 Å². The van der Waals surface area contributed by atoms with Gasteiger partial charge in [0.1, 0.15) is 5.75 Å². The third-order valence-corrected chi connectivity index (χ3v) is 4.11. The summed E-state index contributed by atoms with van der Waals surface area (Å²) < 4.78 is 5.17. The Morgan fingerprint density at radius 2 is 2.05 bits per heavy atom. The van der Waals surface area contributed by atoms with Crippen molar-refractivity contribution in [2.24, 2.45) is 22.6 Å². The summed E-state index contributed by atoms with van der Waals surface area (Å²) in [4.78, 5) is 4.44. The summed E-state index contributed by atoms with van der Waals surface area (Å²) in [6, 6.07) is 8.22. The van der Waals surface area contributed by atoms with Crippen LogP contribution < -0.4 is 15.8 Å². The molecule has 1 fully saturated rings. The predicted octanol–water partition coefficient (Wildman–Crippen LogP) is 3.20. The van der Waals surface area contributed by atoms with Crippen molar-refractivity contribution in [3.8, 4) is 5.75 Å². The molecule has 0 radical (unpaired) electrons. The first-order valence-corrected chi connectivity index (χ1v) is 7.84. The van der Waals surface area contributed by atoms with Crippen LogP contribution in [0.1, 0.15) is 31.7 Å². The third kappa shape index (κ3) is 6.42. The van der Waals surface area contributed by atoms with Gasteiger partial charge < -0.3 is 15.8 Å². The number of guanidine groups is 1. The van der Waals surface area contributed by atoms with Crippen LogP contribution in [0.3, 0.4) is 0 Å². The number of rotatable bonds is 7. The first kappa shape index (κ1) is 19.1. The first-order valence-electron chi connectivity index (χ1n) is 7.84. The molecule has 0 amide bonds. The number of nitrogens with two attached hydrogens (primary N) is 1. The molecule has 0 heterocycles. The van der Waals surface area contributed by atoms with E-state index in [-0.39, 0.29) is 24.0 Å². The average molecular weight is 417 g/mol. The Hall–Kier alpha value is -0.980. The maximum atomic E-state index is 5.90. The highest BCUT2D eigenvalue weighted by molar-refractivity contribution is 14.0. The molecule has 4 nitrogen and oxygen atoms in total. The summed E-state index contributed by atoms with van der Waals surface area (Å²) >= 11 is 0. The second kappa shape index (κ2) is 9.92. The lowest BCUT2D eigenvalue weighted by molar-refractivity contribution is 0.315. The molecule has 1 aromatic rings. The molecule has 124 valence electrons. The summed E-state index contributed by atoms with van der Waals surface area (Å²) in [6.07, 6.45) is 5.02. The second-order valence-electron chi connectivity index (χ2n) is 6.06. The molecule has 0 aromatic heterocycles. The number of nitrogens with one attached hydrogen (secondary N) is 1. The monoisotopic (exact) mass is 417 g/mol. The number of benzene rings is 1. The molecule has 0 bridgehead atoms. The van der Waals surface area contributed by atoms with Crippen LogP contribution in [0.25, 0.3) is 0 Å². The number of hydrogen-bond acceptors (Lipinski definition) is 2. The third-order valence-electron chi connectivity index (χ3n) is 4.11. The van der Waals surface area contributed by atoms with Crippen molar-refractivity contribution in [3.63, 3.8) is 0 Å². The van der Waals surface area contributed by atoms with Crippen molar-refractivity contribution >= 4 is 29.9 Å². The number of methoxy groups -OCH3 is 1. The standard InChI is InChI=1S/C17H27N3O.HI/c1-13(10-14-6-8-16(21-2)9-7-14)11-19-17(18)20-12-15-4-3-5-15;/h6-9,13,15H,3-5,10-12H2,1-2H3,(H3,18,19,20);1H. The lowest BCUT2D eigenvalue weighted by Crippen LogP contribution is -2.37. The minimum absolute atomic E-state index is 0. The van der Waals surface area contributed by atoms with Gasteiger partial charge in [0, 0.05) is 13.1 Å². The average Bonchev–Trinajstić information content (AvgIpc) is 2.44. The molecule has 1 aliphatic carbocycles. The van der Waals surface area contributed by atoms with Crippen molar-refractivity contribution < 1.29 is 4.74 Å². The van der Waals surface area contributed by atoms with E-state index in [4.69, 9.17) is 10.5 Å². The van der Waals surface area contributed by atoms with Crippen LogP contribution in [0.15, 0.2) is 29.3 Å². The Morgan fingerprint density at radius 1 is 1.36 bits per heavy atom. The van der Waals surface area contributed by atoms with Crippen molar-refractivity contribution in [2.45, 2.75) is 32.6 Å². The SMILES string of the molecule is COc1ccc(CC(C)CN=C(N)NCC2CCC2)cc1.I. The Balaban J connectivity index is 0.00000242. The quantitative estimate of drug-likeness (QED) is 0.407.